The molecule has 0 spiro atoms. The fourth-order valence-electron chi connectivity index (χ4n) is 2.84. The summed E-state index contributed by atoms with van der Waals surface area (Å²) in [7, 11) is 3.31. The Balaban J connectivity index is 2.49. The van der Waals surface area contributed by atoms with Crippen molar-refractivity contribution in [1.82, 2.24) is 0 Å². The van der Waals surface area contributed by atoms with Gasteiger partial charge in [-0.3, -0.25) is 0 Å². The van der Waals surface area contributed by atoms with Crippen LogP contribution in [0, 0.1) is 6.92 Å². The van der Waals surface area contributed by atoms with Crippen molar-refractivity contribution in [2.24, 2.45) is 0 Å². The van der Waals surface area contributed by atoms with E-state index in [1.807, 2.05) is 19.1 Å². The van der Waals surface area contributed by atoms with Crippen LogP contribution >= 0.6 is 0 Å². The molecule has 1 aromatic carbocycles. The number of methoxy groups -OCH3 is 2. The van der Waals surface area contributed by atoms with Gasteiger partial charge in [-0.25, -0.2) is 0 Å². The third-order valence-electron chi connectivity index (χ3n) is 3.79. The Morgan fingerprint density at radius 1 is 1.16 bits per heavy atom. The largest absolute Gasteiger partial charge is 0.496 e. The smallest absolute Gasteiger partial charge is 0.163 e. The lowest BCUT2D eigenvalue weighted by atomic mass is 9.79. The van der Waals surface area contributed by atoms with Crippen LogP contribution in [0.25, 0.3) is 0 Å². The number of hydrogen-bond donors (Lipinski definition) is 1. The third kappa shape index (κ3) is 2.55. The molecule has 4 nitrogen and oxygen atoms in total. The zero-order chi connectivity index (χ0) is 14.3. The van der Waals surface area contributed by atoms with Crippen LogP contribution in [-0.4, -0.2) is 31.7 Å². The average Bonchev–Trinajstić information content (AvgIpc) is 2.64. The lowest BCUT2D eigenvalue weighted by Gasteiger charge is -2.26. The summed E-state index contributed by atoms with van der Waals surface area (Å²) < 4.78 is 16.3. The molecule has 2 unspecified atom stereocenters. The van der Waals surface area contributed by atoms with Crippen molar-refractivity contribution in [3.63, 3.8) is 0 Å². The number of hydrogen-bond acceptors (Lipinski definition) is 4. The maximum Gasteiger partial charge on any atom is 0.163 e. The van der Waals surface area contributed by atoms with E-state index in [-0.39, 0.29) is 5.41 Å². The summed E-state index contributed by atoms with van der Waals surface area (Å²) in [5.74, 6) is 0.545. The molecule has 0 amide bonds. The number of rotatable bonds is 3. The van der Waals surface area contributed by atoms with Crippen molar-refractivity contribution in [3.8, 4) is 11.5 Å². The summed E-state index contributed by atoms with van der Waals surface area (Å²) >= 11 is 0. The normalized spacial score (nSPS) is 30.4. The number of aliphatic hydroxyl groups is 1. The summed E-state index contributed by atoms with van der Waals surface area (Å²) in [6, 6.07) is 3.95. The van der Waals surface area contributed by atoms with Crippen LogP contribution in [0.4, 0.5) is 0 Å². The van der Waals surface area contributed by atoms with Crippen LogP contribution in [0.5, 0.6) is 11.5 Å². The van der Waals surface area contributed by atoms with Crippen LogP contribution in [0.1, 0.15) is 31.4 Å². The standard InChI is InChI=1S/C15H22O4/c1-10-6-13(18-5)11(7-12(10)17-4)14(2)8-15(3,16)19-9-14/h6-7,16H,8-9H2,1-5H3. The highest BCUT2D eigenvalue weighted by Crippen LogP contribution is 2.45. The van der Waals surface area contributed by atoms with Crippen molar-refractivity contribution in [2.45, 2.75) is 38.4 Å². The van der Waals surface area contributed by atoms with Crippen molar-refractivity contribution < 1.29 is 19.3 Å². The van der Waals surface area contributed by atoms with E-state index in [0.717, 1.165) is 22.6 Å². The van der Waals surface area contributed by atoms with Gasteiger partial charge in [0.25, 0.3) is 0 Å². The Morgan fingerprint density at radius 3 is 2.26 bits per heavy atom. The maximum atomic E-state index is 10.0. The molecule has 0 radical (unpaired) electrons. The monoisotopic (exact) mass is 266 g/mol. The van der Waals surface area contributed by atoms with E-state index in [9.17, 15) is 5.11 Å². The summed E-state index contributed by atoms with van der Waals surface area (Å²) in [4.78, 5) is 0. The van der Waals surface area contributed by atoms with E-state index < -0.39 is 5.79 Å². The summed E-state index contributed by atoms with van der Waals surface area (Å²) in [6.07, 6.45) is 0.530. The van der Waals surface area contributed by atoms with E-state index >= 15 is 0 Å². The van der Waals surface area contributed by atoms with Gasteiger partial charge in [-0.1, -0.05) is 6.92 Å². The third-order valence-corrected chi connectivity index (χ3v) is 3.79. The van der Waals surface area contributed by atoms with Crippen LogP contribution in [0.3, 0.4) is 0 Å². The predicted molar refractivity (Wildman–Crippen MR) is 72.8 cm³/mol. The first-order valence-electron chi connectivity index (χ1n) is 6.41. The molecule has 1 aromatic rings. The minimum atomic E-state index is -1.09. The Labute approximate surface area is 114 Å². The first-order chi connectivity index (χ1) is 8.81. The number of benzene rings is 1. The molecule has 1 N–H and O–H groups in total. The molecule has 1 heterocycles. The first kappa shape index (κ1) is 14.2. The molecule has 0 bridgehead atoms. The van der Waals surface area contributed by atoms with Gasteiger partial charge in [0, 0.05) is 17.4 Å². The zero-order valence-electron chi connectivity index (χ0n) is 12.2. The van der Waals surface area contributed by atoms with Gasteiger partial charge in [-0.2, -0.15) is 0 Å². The number of ether oxygens (including phenoxy) is 3. The van der Waals surface area contributed by atoms with Gasteiger partial charge in [0.05, 0.1) is 20.8 Å². The van der Waals surface area contributed by atoms with Crippen LogP contribution in [-0.2, 0) is 10.2 Å². The Kier molecular flexibility index (Phi) is 3.49. The van der Waals surface area contributed by atoms with E-state index in [1.54, 1.807) is 21.1 Å². The predicted octanol–water partition coefficient (Wildman–Crippen LogP) is 2.40. The first-order valence-corrected chi connectivity index (χ1v) is 6.41. The second kappa shape index (κ2) is 4.69. The fourth-order valence-corrected chi connectivity index (χ4v) is 2.84. The molecular formula is C15H22O4. The average molecular weight is 266 g/mol. The second-order valence-corrected chi connectivity index (χ2v) is 5.72. The van der Waals surface area contributed by atoms with Crippen LogP contribution in [0.15, 0.2) is 12.1 Å². The molecule has 2 rings (SSSR count). The molecule has 4 heteroatoms. The SMILES string of the molecule is COc1cc(C2(C)COC(C)(O)C2)c(OC)cc1C. The van der Waals surface area contributed by atoms with E-state index in [4.69, 9.17) is 14.2 Å². The lowest BCUT2D eigenvalue weighted by Crippen LogP contribution is -2.27. The van der Waals surface area contributed by atoms with Crippen molar-refractivity contribution in [3.05, 3.63) is 23.3 Å². The Morgan fingerprint density at radius 2 is 1.79 bits per heavy atom. The van der Waals surface area contributed by atoms with Gasteiger partial charge in [-0.05, 0) is 31.5 Å². The fraction of sp³-hybridized carbons (Fsp3) is 0.600. The van der Waals surface area contributed by atoms with Crippen LogP contribution < -0.4 is 9.47 Å². The Hall–Kier alpha value is -1.26. The highest BCUT2D eigenvalue weighted by molar-refractivity contribution is 5.49. The van der Waals surface area contributed by atoms with Gasteiger partial charge in [0.1, 0.15) is 11.5 Å². The molecule has 1 aliphatic rings. The molecule has 0 aromatic heterocycles. The topological polar surface area (TPSA) is 47.9 Å². The van der Waals surface area contributed by atoms with E-state index in [2.05, 4.69) is 6.92 Å². The second-order valence-electron chi connectivity index (χ2n) is 5.72. The summed E-state index contributed by atoms with van der Waals surface area (Å²) in [6.45, 7) is 6.20. The molecule has 1 aliphatic heterocycles. The molecule has 0 aliphatic carbocycles. The zero-order valence-corrected chi connectivity index (χ0v) is 12.2. The Bertz CT molecular complexity index is 481. The minimum Gasteiger partial charge on any atom is -0.496 e. The van der Waals surface area contributed by atoms with E-state index in [0.29, 0.717) is 13.0 Å². The van der Waals surface area contributed by atoms with E-state index in [1.165, 1.54) is 0 Å². The van der Waals surface area contributed by atoms with Gasteiger partial charge in [0.2, 0.25) is 0 Å². The quantitative estimate of drug-likeness (QED) is 0.912. The summed E-state index contributed by atoms with van der Waals surface area (Å²) in [5, 5.41) is 10.0. The molecule has 106 valence electrons. The molecule has 0 saturated carbocycles. The van der Waals surface area contributed by atoms with Crippen molar-refractivity contribution in [2.75, 3.05) is 20.8 Å². The highest BCUT2D eigenvalue weighted by Gasteiger charge is 2.45. The van der Waals surface area contributed by atoms with Crippen molar-refractivity contribution >= 4 is 0 Å². The minimum absolute atomic E-state index is 0.282. The highest BCUT2D eigenvalue weighted by atomic mass is 16.6. The van der Waals surface area contributed by atoms with Gasteiger partial charge < -0.3 is 19.3 Å². The molecule has 1 saturated heterocycles. The molecule has 1 fully saturated rings. The molecule has 2 atom stereocenters. The van der Waals surface area contributed by atoms with Gasteiger partial charge in [0.15, 0.2) is 5.79 Å². The molecule has 19 heavy (non-hydrogen) atoms. The van der Waals surface area contributed by atoms with Crippen LogP contribution in [0.2, 0.25) is 0 Å². The molecular weight excluding hydrogens is 244 g/mol. The van der Waals surface area contributed by atoms with Crippen molar-refractivity contribution in [1.29, 1.82) is 0 Å². The summed E-state index contributed by atoms with van der Waals surface area (Å²) in [5.41, 5.74) is 1.75. The number of aryl methyl sites for hydroxylation is 1. The van der Waals surface area contributed by atoms with Gasteiger partial charge >= 0.3 is 0 Å². The van der Waals surface area contributed by atoms with Gasteiger partial charge in [-0.15, -0.1) is 0 Å². The maximum absolute atomic E-state index is 10.0. The lowest BCUT2D eigenvalue weighted by molar-refractivity contribution is -0.155.